The molecule has 1 aromatic rings. The van der Waals surface area contributed by atoms with Gasteiger partial charge in [-0.2, -0.15) is 5.26 Å². The first-order valence-electron chi connectivity index (χ1n) is 4.39. The predicted molar refractivity (Wildman–Crippen MR) is 52.5 cm³/mol. The van der Waals surface area contributed by atoms with E-state index >= 15 is 0 Å². The van der Waals surface area contributed by atoms with Gasteiger partial charge >= 0.3 is 0 Å². The van der Waals surface area contributed by atoms with Crippen LogP contribution in [0.25, 0.3) is 0 Å². The van der Waals surface area contributed by atoms with Crippen molar-refractivity contribution in [2.45, 2.75) is 12.8 Å². The molecular formula is C11H10N2O. The molecule has 0 unspecified atom stereocenters. The Kier molecular flexibility index (Phi) is 4.13. The zero-order valence-corrected chi connectivity index (χ0v) is 7.73. The smallest absolute Gasteiger partial charge is 0.211 e. The highest BCUT2D eigenvalue weighted by molar-refractivity contribution is 5.33. The number of hydrogen-bond donors (Lipinski definition) is 0. The molecule has 0 saturated carbocycles. The van der Waals surface area contributed by atoms with Crippen LogP contribution in [0.3, 0.4) is 0 Å². The molecule has 0 aliphatic carbocycles. The zero-order valence-electron chi connectivity index (χ0n) is 7.73. The first kappa shape index (κ1) is 10.2. The summed E-state index contributed by atoms with van der Waals surface area (Å²) in [4.78, 5) is 13.2. The summed E-state index contributed by atoms with van der Waals surface area (Å²) in [7, 11) is 0. The summed E-state index contributed by atoms with van der Waals surface area (Å²) >= 11 is 0. The van der Waals surface area contributed by atoms with Gasteiger partial charge in [-0.25, -0.2) is 9.79 Å². The van der Waals surface area contributed by atoms with Crippen molar-refractivity contribution >= 4 is 6.08 Å². The summed E-state index contributed by atoms with van der Waals surface area (Å²) in [6.07, 6.45) is 3.14. The van der Waals surface area contributed by atoms with Crippen LogP contribution in [-0.2, 0) is 11.2 Å². The summed E-state index contributed by atoms with van der Waals surface area (Å²) in [5.41, 5.74) is 1.77. The lowest BCUT2D eigenvalue weighted by molar-refractivity contribution is 0.562. The Hall–Kier alpha value is -1.91. The van der Waals surface area contributed by atoms with Gasteiger partial charge in [-0.1, -0.05) is 12.1 Å². The molecule has 70 valence electrons. The Morgan fingerprint density at radius 3 is 3.00 bits per heavy atom. The van der Waals surface area contributed by atoms with Crippen LogP contribution in [0.15, 0.2) is 29.3 Å². The van der Waals surface area contributed by atoms with Crippen molar-refractivity contribution in [3.63, 3.8) is 0 Å². The molecule has 0 aromatic heterocycles. The van der Waals surface area contributed by atoms with Crippen LogP contribution in [0.5, 0.6) is 0 Å². The van der Waals surface area contributed by atoms with Crippen LogP contribution in [0.4, 0.5) is 0 Å². The van der Waals surface area contributed by atoms with Gasteiger partial charge in [0.25, 0.3) is 0 Å². The van der Waals surface area contributed by atoms with Crippen molar-refractivity contribution < 1.29 is 4.79 Å². The van der Waals surface area contributed by atoms with Crippen LogP contribution >= 0.6 is 0 Å². The number of nitriles is 1. The molecule has 3 nitrogen and oxygen atoms in total. The molecule has 14 heavy (non-hydrogen) atoms. The molecule has 0 aliphatic rings. The van der Waals surface area contributed by atoms with E-state index in [4.69, 9.17) is 5.26 Å². The highest BCUT2D eigenvalue weighted by atomic mass is 16.1. The minimum atomic E-state index is 0.500. The molecule has 0 bridgehead atoms. The van der Waals surface area contributed by atoms with Gasteiger partial charge in [-0.3, -0.25) is 0 Å². The fourth-order valence-electron chi connectivity index (χ4n) is 1.20. The Labute approximate surface area is 82.7 Å². The lowest BCUT2D eigenvalue weighted by Crippen LogP contribution is -1.89. The van der Waals surface area contributed by atoms with Gasteiger partial charge in [0.05, 0.1) is 18.2 Å². The van der Waals surface area contributed by atoms with Gasteiger partial charge in [0.15, 0.2) is 0 Å². The third-order valence-electron chi connectivity index (χ3n) is 1.86. The largest absolute Gasteiger partial charge is 0.234 e. The van der Waals surface area contributed by atoms with Crippen LogP contribution in [0.2, 0.25) is 0 Å². The minimum absolute atomic E-state index is 0.500. The number of rotatable bonds is 4. The van der Waals surface area contributed by atoms with E-state index in [0.717, 1.165) is 18.4 Å². The van der Waals surface area contributed by atoms with E-state index in [1.54, 1.807) is 6.07 Å². The Balaban J connectivity index is 2.51. The fraction of sp³-hybridized carbons (Fsp3) is 0.273. The van der Waals surface area contributed by atoms with E-state index < -0.39 is 0 Å². The topological polar surface area (TPSA) is 53.2 Å². The van der Waals surface area contributed by atoms with E-state index in [1.807, 2.05) is 18.2 Å². The van der Waals surface area contributed by atoms with Gasteiger partial charge in [-0.15, -0.1) is 0 Å². The number of nitrogens with zero attached hydrogens (tertiary/aromatic N) is 2. The van der Waals surface area contributed by atoms with E-state index in [-0.39, 0.29) is 0 Å². The average Bonchev–Trinajstić information content (AvgIpc) is 2.25. The average molecular weight is 186 g/mol. The number of aliphatic imine (C=N–C) groups is 1. The lowest BCUT2D eigenvalue weighted by atomic mass is 10.1. The number of carbonyl (C=O) groups excluding carboxylic acids is 1. The number of aryl methyl sites for hydroxylation is 1. The first-order valence-corrected chi connectivity index (χ1v) is 4.39. The SMILES string of the molecule is N#Cc1cccc(CCCN=C=O)c1. The lowest BCUT2D eigenvalue weighted by Gasteiger charge is -1.98. The molecule has 0 aliphatic heterocycles. The van der Waals surface area contributed by atoms with Crippen LogP contribution in [-0.4, -0.2) is 12.6 Å². The summed E-state index contributed by atoms with van der Waals surface area (Å²) in [5.74, 6) is 0. The molecule has 1 rings (SSSR count). The number of benzene rings is 1. The van der Waals surface area contributed by atoms with Crippen molar-refractivity contribution in [2.75, 3.05) is 6.54 Å². The molecule has 0 fully saturated rings. The molecular weight excluding hydrogens is 176 g/mol. The molecule has 0 amide bonds. The van der Waals surface area contributed by atoms with E-state index in [1.165, 1.54) is 6.08 Å². The van der Waals surface area contributed by atoms with Crippen molar-refractivity contribution in [2.24, 2.45) is 4.99 Å². The van der Waals surface area contributed by atoms with Crippen molar-refractivity contribution in [1.82, 2.24) is 0 Å². The highest BCUT2D eigenvalue weighted by Gasteiger charge is 1.94. The second-order valence-corrected chi connectivity index (χ2v) is 2.89. The van der Waals surface area contributed by atoms with Crippen LogP contribution in [0, 0.1) is 11.3 Å². The summed E-state index contributed by atoms with van der Waals surface area (Å²) in [5, 5.41) is 8.65. The molecule has 0 radical (unpaired) electrons. The Morgan fingerprint density at radius 1 is 1.43 bits per heavy atom. The van der Waals surface area contributed by atoms with E-state index in [9.17, 15) is 4.79 Å². The normalized spacial score (nSPS) is 8.79. The van der Waals surface area contributed by atoms with Gasteiger partial charge in [0, 0.05) is 0 Å². The molecule has 1 aromatic carbocycles. The number of hydrogen-bond acceptors (Lipinski definition) is 3. The van der Waals surface area contributed by atoms with Crippen molar-refractivity contribution in [3.05, 3.63) is 35.4 Å². The maximum absolute atomic E-state index is 9.78. The predicted octanol–water partition coefficient (Wildman–Crippen LogP) is 1.83. The summed E-state index contributed by atoms with van der Waals surface area (Å²) in [6.45, 7) is 0.500. The maximum atomic E-state index is 9.78. The van der Waals surface area contributed by atoms with Gasteiger partial charge in [0.2, 0.25) is 6.08 Å². The third kappa shape index (κ3) is 3.22. The molecule has 0 spiro atoms. The van der Waals surface area contributed by atoms with Crippen LogP contribution < -0.4 is 0 Å². The van der Waals surface area contributed by atoms with Gasteiger partial charge < -0.3 is 0 Å². The second kappa shape index (κ2) is 5.69. The van der Waals surface area contributed by atoms with Gasteiger partial charge in [-0.05, 0) is 30.5 Å². The molecule has 3 heteroatoms. The van der Waals surface area contributed by atoms with Crippen molar-refractivity contribution in [3.8, 4) is 6.07 Å². The summed E-state index contributed by atoms with van der Waals surface area (Å²) in [6, 6.07) is 9.53. The maximum Gasteiger partial charge on any atom is 0.234 e. The van der Waals surface area contributed by atoms with E-state index in [2.05, 4.69) is 11.1 Å². The number of isocyanates is 1. The minimum Gasteiger partial charge on any atom is -0.211 e. The zero-order chi connectivity index (χ0) is 10.2. The Bertz CT molecular complexity index is 387. The second-order valence-electron chi connectivity index (χ2n) is 2.89. The first-order chi connectivity index (χ1) is 6.86. The van der Waals surface area contributed by atoms with Gasteiger partial charge in [0.1, 0.15) is 0 Å². The molecule has 0 atom stereocenters. The Morgan fingerprint density at radius 2 is 2.29 bits per heavy atom. The van der Waals surface area contributed by atoms with Crippen molar-refractivity contribution in [1.29, 1.82) is 5.26 Å². The summed E-state index contributed by atoms with van der Waals surface area (Å²) < 4.78 is 0. The molecule has 0 heterocycles. The fourth-order valence-corrected chi connectivity index (χ4v) is 1.20. The van der Waals surface area contributed by atoms with E-state index in [0.29, 0.717) is 12.1 Å². The molecule has 0 saturated heterocycles. The standard InChI is InChI=1S/C11H10N2O/c12-8-11-4-1-3-10(7-11)5-2-6-13-9-14/h1,3-4,7H,2,5-6H2. The third-order valence-corrected chi connectivity index (χ3v) is 1.86. The molecule has 0 N–H and O–H groups in total. The highest BCUT2D eigenvalue weighted by Crippen LogP contribution is 2.06. The monoisotopic (exact) mass is 186 g/mol. The van der Waals surface area contributed by atoms with Crippen LogP contribution in [0.1, 0.15) is 17.5 Å². The quantitative estimate of drug-likeness (QED) is 0.409.